The molecule has 1 atom stereocenters. The standard InChI is InChI=1S/C16H32N6O.HI/c1-8-17-14(18-11-15(2,3)21(5)6)19-12-16(4,23)13-9-20-22(7)10-13;/h9-10,23H,8,11-12H2,1-7H3,(H2,17,18,19);1H. The van der Waals surface area contributed by atoms with Crippen molar-refractivity contribution in [3.63, 3.8) is 0 Å². The number of nitrogens with zero attached hydrogens (tertiary/aromatic N) is 4. The molecular formula is C16H33IN6O. The number of aliphatic imine (C=N–C) groups is 1. The lowest BCUT2D eigenvalue weighted by molar-refractivity contribution is 0.0616. The van der Waals surface area contributed by atoms with Crippen LogP contribution in [0.3, 0.4) is 0 Å². The first-order valence-electron chi connectivity index (χ1n) is 7.99. The highest BCUT2D eigenvalue weighted by molar-refractivity contribution is 14.0. The SMILES string of the molecule is CCNC(=NCC(C)(C)N(C)C)NCC(C)(O)c1cnn(C)c1.I. The highest BCUT2D eigenvalue weighted by atomic mass is 127. The van der Waals surface area contributed by atoms with Gasteiger partial charge in [0.2, 0.25) is 0 Å². The molecule has 0 aliphatic carbocycles. The van der Waals surface area contributed by atoms with Crippen molar-refractivity contribution >= 4 is 29.9 Å². The molecule has 1 aromatic heterocycles. The highest BCUT2D eigenvalue weighted by Crippen LogP contribution is 2.18. The van der Waals surface area contributed by atoms with E-state index >= 15 is 0 Å². The third-order valence-corrected chi connectivity index (χ3v) is 4.11. The minimum absolute atomic E-state index is 0. The van der Waals surface area contributed by atoms with Crippen molar-refractivity contribution < 1.29 is 5.11 Å². The molecular weight excluding hydrogens is 419 g/mol. The summed E-state index contributed by atoms with van der Waals surface area (Å²) < 4.78 is 1.68. The summed E-state index contributed by atoms with van der Waals surface area (Å²) in [5.74, 6) is 0.701. The smallest absolute Gasteiger partial charge is 0.191 e. The normalized spacial score (nSPS) is 15.0. The molecule has 0 bridgehead atoms. The van der Waals surface area contributed by atoms with Gasteiger partial charge in [0.25, 0.3) is 0 Å². The van der Waals surface area contributed by atoms with Gasteiger partial charge < -0.3 is 20.6 Å². The van der Waals surface area contributed by atoms with Crippen LogP contribution < -0.4 is 10.6 Å². The molecule has 0 radical (unpaired) electrons. The quantitative estimate of drug-likeness (QED) is 0.329. The number of guanidine groups is 1. The van der Waals surface area contributed by atoms with Crippen LogP contribution in [0.25, 0.3) is 0 Å². The Balaban J connectivity index is 0.00000529. The predicted octanol–water partition coefficient (Wildman–Crippen LogP) is 1.14. The van der Waals surface area contributed by atoms with E-state index in [-0.39, 0.29) is 29.5 Å². The number of aryl methyl sites for hydroxylation is 1. The summed E-state index contributed by atoms with van der Waals surface area (Å²) in [5, 5.41) is 21.2. The number of aliphatic hydroxyl groups is 1. The first-order valence-corrected chi connectivity index (χ1v) is 7.99. The van der Waals surface area contributed by atoms with Crippen molar-refractivity contribution in [2.75, 3.05) is 33.7 Å². The maximum absolute atomic E-state index is 10.6. The van der Waals surface area contributed by atoms with E-state index in [1.54, 1.807) is 17.8 Å². The zero-order chi connectivity index (χ0) is 17.7. The van der Waals surface area contributed by atoms with Gasteiger partial charge in [0.15, 0.2) is 5.96 Å². The van der Waals surface area contributed by atoms with E-state index in [4.69, 9.17) is 0 Å². The Hall–Kier alpha value is -0.870. The molecule has 0 aromatic carbocycles. The maximum atomic E-state index is 10.6. The zero-order valence-electron chi connectivity index (χ0n) is 15.9. The third kappa shape index (κ3) is 6.94. The average molecular weight is 452 g/mol. The van der Waals surface area contributed by atoms with Crippen LogP contribution in [0.4, 0.5) is 0 Å². The fraction of sp³-hybridized carbons (Fsp3) is 0.750. The summed E-state index contributed by atoms with van der Waals surface area (Å²) in [6.07, 6.45) is 3.50. The van der Waals surface area contributed by atoms with Gasteiger partial charge in [-0.1, -0.05) is 0 Å². The Labute approximate surface area is 162 Å². The Morgan fingerprint density at radius 3 is 2.42 bits per heavy atom. The fourth-order valence-corrected chi connectivity index (χ4v) is 1.81. The van der Waals surface area contributed by atoms with E-state index < -0.39 is 5.60 Å². The highest BCUT2D eigenvalue weighted by Gasteiger charge is 2.25. The summed E-state index contributed by atoms with van der Waals surface area (Å²) in [6, 6.07) is 0. The number of aromatic nitrogens is 2. The number of hydrogen-bond donors (Lipinski definition) is 3. The monoisotopic (exact) mass is 452 g/mol. The molecule has 0 aliphatic rings. The van der Waals surface area contributed by atoms with Gasteiger partial charge in [-0.2, -0.15) is 5.10 Å². The topological polar surface area (TPSA) is 77.7 Å². The van der Waals surface area contributed by atoms with Gasteiger partial charge in [0, 0.05) is 30.9 Å². The second-order valence-electron chi connectivity index (χ2n) is 6.93. The summed E-state index contributed by atoms with van der Waals surface area (Å²) in [7, 11) is 5.92. The lowest BCUT2D eigenvalue weighted by Crippen LogP contribution is -2.46. The van der Waals surface area contributed by atoms with Crippen molar-refractivity contribution in [1.29, 1.82) is 0 Å². The number of nitrogens with one attached hydrogen (secondary N) is 2. The number of likely N-dealkylation sites (N-methyl/N-ethyl adjacent to an activating group) is 1. The Bertz CT molecular complexity index is 524. The second kappa shape index (κ2) is 9.57. The molecule has 140 valence electrons. The van der Waals surface area contributed by atoms with Crippen LogP contribution in [0.1, 0.15) is 33.3 Å². The van der Waals surface area contributed by atoms with Crippen LogP contribution >= 0.6 is 24.0 Å². The van der Waals surface area contributed by atoms with Gasteiger partial charge in [-0.25, -0.2) is 0 Å². The van der Waals surface area contributed by atoms with E-state index in [9.17, 15) is 5.11 Å². The van der Waals surface area contributed by atoms with Crippen LogP contribution in [0.15, 0.2) is 17.4 Å². The van der Waals surface area contributed by atoms with E-state index in [0.29, 0.717) is 19.0 Å². The molecule has 0 aliphatic heterocycles. The van der Waals surface area contributed by atoms with E-state index in [2.05, 4.69) is 39.5 Å². The molecule has 8 heteroatoms. The molecule has 7 nitrogen and oxygen atoms in total. The Kier molecular flexibility index (Phi) is 9.22. The van der Waals surface area contributed by atoms with Crippen LogP contribution in [0, 0.1) is 0 Å². The van der Waals surface area contributed by atoms with Gasteiger partial charge in [-0.15, -0.1) is 24.0 Å². The molecule has 0 saturated carbocycles. The molecule has 0 saturated heterocycles. The first kappa shape index (κ1) is 23.1. The van der Waals surface area contributed by atoms with Crippen molar-refractivity contribution in [3.8, 4) is 0 Å². The Morgan fingerprint density at radius 2 is 1.96 bits per heavy atom. The van der Waals surface area contributed by atoms with Gasteiger partial charge >= 0.3 is 0 Å². The predicted molar refractivity (Wildman–Crippen MR) is 110 cm³/mol. The molecule has 24 heavy (non-hydrogen) atoms. The second-order valence-corrected chi connectivity index (χ2v) is 6.93. The molecule has 1 aromatic rings. The van der Waals surface area contributed by atoms with Crippen LogP contribution in [0.5, 0.6) is 0 Å². The number of halogens is 1. The lowest BCUT2D eigenvalue weighted by Gasteiger charge is -2.31. The molecule has 1 heterocycles. The van der Waals surface area contributed by atoms with E-state index in [0.717, 1.165) is 12.1 Å². The molecule has 3 N–H and O–H groups in total. The van der Waals surface area contributed by atoms with E-state index in [1.165, 1.54) is 0 Å². The Morgan fingerprint density at radius 1 is 1.33 bits per heavy atom. The summed E-state index contributed by atoms with van der Waals surface area (Å²) in [6.45, 7) is 9.86. The fourth-order valence-electron chi connectivity index (χ4n) is 1.81. The molecule has 0 spiro atoms. The van der Waals surface area contributed by atoms with Crippen molar-refractivity contribution in [1.82, 2.24) is 25.3 Å². The third-order valence-electron chi connectivity index (χ3n) is 4.11. The lowest BCUT2D eigenvalue weighted by atomic mass is 10.00. The maximum Gasteiger partial charge on any atom is 0.191 e. The zero-order valence-corrected chi connectivity index (χ0v) is 18.3. The van der Waals surface area contributed by atoms with Gasteiger partial charge in [0.05, 0.1) is 19.3 Å². The van der Waals surface area contributed by atoms with Crippen molar-refractivity contribution in [2.45, 2.75) is 38.8 Å². The molecule has 0 amide bonds. The van der Waals surface area contributed by atoms with E-state index in [1.807, 2.05) is 34.3 Å². The van der Waals surface area contributed by atoms with Crippen LogP contribution in [-0.2, 0) is 12.6 Å². The number of rotatable bonds is 7. The summed E-state index contributed by atoms with van der Waals surface area (Å²) in [5.41, 5.74) is -0.271. The van der Waals surface area contributed by atoms with Crippen molar-refractivity contribution in [2.24, 2.45) is 12.0 Å². The van der Waals surface area contributed by atoms with Gasteiger partial charge in [-0.3, -0.25) is 9.67 Å². The van der Waals surface area contributed by atoms with Gasteiger partial charge in [-0.05, 0) is 41.8 Å². The minimum Gasteiger partial charge on any atom is -0.383 e. The average Bonchev–Trinajstić information content (AvgIpc) is 2.89. The van der Waals surface area contributed by atoms with Crippen molar-refractivity contribution in [3.05, 3.63) is 18.0 Å². The largest absolute Gasteiger partial charge is 0.383 e. The number of hydrogen-bond acceptors (Lipinski definition) is 4. The van der Waals surface area contributed by atoms with Crippen LogP contribution in [0.2, 0.25) is 0 Å². The molecule has 1 unspecified atom stereocenters. The van der Waals surface area contributed by atoms with Gasteiger partial charge in [0.1, 0.15) is 5.60 Å². The minimum atomic E-state index is -1.01. The first-order chi connectivity index (χ1) is 10.6. The summed E-state index contributed by atoms with van der Waals surface area (Å²) >= 11 is 0. The molecule has 0 fully saturated rings. The van der Waals surface area contributed by atoms with Crippen LogP contribution in [-0.4, -0.2) is 65.0 Å². The molecule has 1 rings (SSSR count). The summed E-state index contributed by atoms with van der Waals surface area (Å²) in [4.78, 5) is 6.77.